The lowest BCUT2D eigenvalue weighted by molar-refractivity contribution is -0.0715. The molecule has 18 heavy (non-hydrogen) atoms. The monoisotopic (exact) mass is 312 g/mol. The molecule has 0 spiro atoms. The van der Waals surface area contributed by atoms with Crippen LogP contribution in [0.2, 0.25) is 0 Å². The first-order valence-corrected chi connectivity index (χ1v) is 7.39. The van der Waals surface area contributed by atoms with Gasteiger partial charge in [-0.15, -0.1) is 6.58 Å². The van der Waals surface area contributed by atoms with E-state index >= 15 is 0 Å². The molecule has 2 rings (SSSR count). The Balaban J connectivity index is 2.13. The third-order valence-corrected chi connectivity index (χ3v) is 4.53. The molecular formula is C14H21BrN2O. The van der Waals surface area contributed by atoms with E-state index in [1.54, 1.807) is 0 Å². The molecule has 0 aliphatic heterocycles. The van der Waals surface area contributed by atoms with Crippen LogP contribution in [0.3, 0.4) is 0 Å². The average molecular weight is 313 g/mol. The van der Waals surface area contributed by atoms with Gasteiger partial charge in [0.05, 0.1) is 29.4 Å². The van der Waals surface area contributed by atoms with Crippen molar-refractivity contribution in [2.24, 2.45) is 0 Å². The molecule has 0 N–H and O–H groups in total. The Bertz CT molecular complexity index is 408. The number of hydrogen-bond donors (Lipinski definition) is 0. The zero-order valence-electron chi connectivity index (χ0n) is 11.0. The molecule has 1 aliphatic rings. The second-order valence-electron chi connectivity index (χ2n) is 5.08. The van der Waals surface area contributed by atoms with Gasteiger partial charge in [0.1, 0.15) is 0 Å². The molecule has 1 fully saturated rings. The van der Waals surface area contributed by atoms with Crippen molar-refractivity contribution in [3.8, 4) is 0 Å². The molecule has 0 radical (unpaired) electrons. The first kappa shape index (κ1) is 13.8. The number of hydrogen-bond acceptors (Lipinski definition) is 2. The largest absolute Gasteiger partial charge is 0.369 e. The molecule has 0 amide bonds. The van der Waals surface area contributed by atoms with E-state index in [0.29, 0.717) is 6.61 Å². The summed E-state index contributed by atoms with van der Waals surface area (Å²) >= 11 is 3.51. The molecule has 0 aromatic carbocycles. The Morgan fingerprint density at radius 1 is 1.50 bits per heavy atom. The van der Waals surface area contributed by atoms with Crippen molar-refractivity contribution in [3.05, 3.63) is 29.0 Å². The third-order valence-electron chi connectivity index (χ3n) is 3.75. The van der Waals surface area contributed by atoms with E-state index in [-0.39, 0.29) is 5.60 Å². The van der Waals surface area contributed by atoms with Gasteiger partial charge in [-0.05, 0) is 35.7 Å². The molecule has 1 aliphatic carbocycles. The third kappa shape index (κ3) is 3.04. The van der Waals surface area contributed by atoms with Gasteiger partial charge in [0.2, 0.25) is 0 Å². The maximum atomic E-state index is 6.09. The highest BCUT2D eigenvalue weighted by molar-refractivity contribution is 9.10. The molecular weight excluding hydrogens is 292 g/mol. The molecule has 0 saturated heterocycles. The quantitative estimate of drug-likeness (QED) is 0.772. The van der Waals surface area contributed by atoms with Crippen molar-refractivity contribution >= 4 is 15.9 Å². The highest BCUT2D eigenvalue weighted by Gasteiger charge is 2.34. The molecule has 1 saturated carbocycles. The average Bonchev–Trinajstić information content (AvgIpc) is 2.70. The fraction of sp³-hybridized carbons (Fsp3) is 0.643. The summed E-state index contributed by atoms with van der Waals surface area (Å²) in [6.45, 7) is 7.31. The minimum absolute atomic E-state index is 0.0529. The Labute approximate surface area is 117 Å². The van der Waals surface area contributed by atoms with Gasteiger partial charge in [0.25, 0.3) is 0 Å². The summed E-state index contributed by atoms with van der Waals surface area (Å²) in [4.78, 5) is 0. The topological polar surface area (TPSA) is 27.1 Å². The summed E-state index contributed by atoms with van der Waals surface area (Å²) in [6, 6.07) is 0. The van der Waals surface area contributed by atoms with Crippen molar-refractivity contribution in [1.82, 2.24) is 9.78 Å². The maximum absolute atomic E-state index is 6.09. The van der Waals surface area contributed by atoms with Crippen molar-refractivity contribution in [1.29, 1.82) is 0 Å². The molecule has 1 aromatic heterocycles. The number of halogens is 1. The molecule has 4 heteroatoms. The number of ether oxygens (including phenoxy) is 1. The van der Waals surface area contributed by atoms with Crippen LogP contribution in [0.5, 0.6) is 0 Å². The van der Waals surface area contributed by atoms with Crippen LogP contribution in [-0.4, -0.2) is 22.0 Å². The van der Waals surface area contributed by atoms with Gasteiger partial charge in [0.15, 0.2) is 0 Å². The van der Waals surface area contributed by atoms with Crippen LogP contribution >= 0.6 is 15.9 Å². The Morgan fingerprint density at radius 3 is 2.78 bits per heavy atom. The lowest BCUT2D eigenvalue weighted by Gasteiger charge is -2.37. The second kappa shape index (κ2) is 6.02. The fourth-order valence-corrected chi connectivity index (χ4v) is 2.93. The van der Waals surface area contributed by atoms with E-state index in [0.717, 1.165) is 23.9 Å². The minimum atomic E-state index is -0.0529. The van der Waals surface area contributed by atoms with Crippen LogP contribution in [0.4, 0.5) is 0 Å². The van der Waals surface area contributed by atoms with Gasteiger partial charge in [0, 0.05) is 5.69 Å². The van der Waals surface area contributed by atoms with Gasteiger partial charge < -0.3 is 4.74 Å². The molecule has 1 aromatic rings. The number of rotatable bonds is 5. The molecule has 3 nitrogen and oxygen atoms in total. The normalized spacial score (nSPS) is 18.8. The molecule has 0 atom stereocenters. The Hall–Kier alpha value is -0.610. The molecule has 100 valence electrons. The smallest absolute Gasteiger partial charge is 0.0881 e. The van der Waals surface area contributed by atoms with Crippen LogP contribution < -0.4 is 0 Å². The summed E-state index contributed by atoms with van der Waals surface area (Å²) in [5, 5.41) is 4.43. The van der Waals surface area contributed by atoms with Gasteiger partial charge in [-0.2, -0.15) is 5.10 Å². The SMILES string of the molecule is C=CCOC1(Cn2ncc(Br)c2C)CCCCC1. The standard InChI is InChI=1S/C14H21BrN2O/c1-3-9-18-14(7-5-4-6-8-14)11-17-12(2)13(15)10-16-17/h3,10H,1,4-9,11H2,2H3. The first-order valence-electron chi connectivity index (χ1n) is 6.60. The van der Waals surface area contributed by atoms with Crippen molar-refractivity contribution in [3.63, 3.8) is 0 Å². The van der Waals surface area contributed by atoms with E-state index in [4.69, 9.17) is 4.74 Å². The van der Waals surface area contributed by atoms with E-state index in [1.165, 1.54) is 25.0 Å². The van der Waals surface area contributed by atoms with E-state index in [9.17, 15) is 0 Å². The van der Waals surface area contributed by atoms with E-state index in [2.05, 4.69) is 39.2 Å². The predicted molar refractivity (Wildman–Crippen MR) is 76.6 cm³/mol. The second-order valence-corrected chi connectivity index (χ2v) is 5.93. The van der Waals surface area contributed by atoms with Gasteiger partial charge in [-0.1, -0.05) is 25.3 Å². The van der Waals surface area contributed by atoms with Crippen molar-refractivity contribution in [2.45, 2.75) is 51.2 Å². The maximum Gasteiger partial charge on any atom is 0.0881 e. The van der Waals surface area contributed by atoms with Crippen LogP contribution in [-0.2, 0) is 11.3 Å². The van der Waals surface area contributed by atoms with Gasteiger partial charge >= 0.3 is 0 Å². The zero-order valence-corrected chi connectivity index (χ0v) is 12.6. The summed E-state index contributed by atoms with van der Waals surface area (Å²) < 4.78 is 9.21. The summed E-state index contributed by atoms with van der Waals surface area (Å²) in [6.07, 6.45) is 9.76. The predicted octanol–water partition coefficient (Wildman–Crippen LogP) is 3.86. The first-order chi connectivity index (χ1) is 8.67. The van der Waals surface area contributed by atoms with Gasteiger partial charge in [-0.3, -0.25) is 4.68 Å². The van der Waals surface area contributed by atoms with Crippen LogP contribution in [0.1, 0.15) is 37.8 Å². The van der Waals surface area contributed by atoms with Crippen LogP contribution in [0.25, 0.3) is 0 Å². The zero-order chi connectivity index (χ0) is 13.0. The summed E-state index contributed by atoms with van der Waals surface area (Å²) in [5.74, 6) is 0. The highest BCUT2D eigenvalue weighted by Crippen LogP contribution is 2.33. The van der Waals surface area contributed by atoms with Crippen molar-refractivity contribution in [2.75, 3.05) is 6.61 Å². The van der Waals surface area contributed by atoms with E-state index < -0.39 is 0 Å². The molecule has 1 heterocycles. The highest BCUT2D eigenvalue weighted by atomic mass is 79.9. The van der Waals surface area contributed by atoms with Crippen LogP contribution in [0, 0.1) is 6.92 Å². The Kier molecular flexibility index (Phi) is 4.62. The van der Waals surface area contributed by atoms with Crippen molar-refractivity contribution < 1.29 is 4.74 Å². The van der Waals surface area contributed by atoms with Gasteiger partial charge in [-0.25, -0.2) is 0 Å². The number of aromatic nitrogens is 2. The molecule has 0 bridgehead atoms. The summed E-state index contributed by atoms with van der Waals surface area (Å²) in [7, 11) is 0. The lowest BCUT2D eigenvalue weighted by atomic mass is 9.84. The van der Waals surface area contributed by atoms with E-state index in [1.807, 2.05) is 12.3 Å². The summed E-state index contributed by atoms with van der Waals surface area (Å²) in [5.41, 5.74) is 1.12. The fourth-order valence-electron chi connectivity index (χ4n) is 2.64. The van der Waals surface area contributed by atoms with Crippen LogP contribution in [0.15, 0.2) is 23.3 Å². The molecule has 0 unspecified atom stereocenters. The Morgan fingerprint density at radius 2 is 2.22 bits per heavy atom. The number of nitrogens with zero attached hydrogens (tertiary/aromatic N) is 2. The minimum Gasteiger partial charge on any atom is -0.369 e. The lowest BCUT2D eigenvalue weighted by Crippen LogP contribution is -2.40.